The maximum Gasteiger partial charge on any atom is 0.435 e. The van der Waals surface area contributed by atoms with E-state index >= 15 is 0 Å². The van der Waals surface area contributed by atoms with E-state index in [4.69, 9.17) is 5.26 Å². The highest BCUT2D eigenvalue weighted by Gasteiger charge is 2.35. The molecule has 2 heterocycles. The molecule has 10 heteroatoms. The molecule has 1 saturated carbocycles. The van der Waals surface area contributed by atoms with Crippen LogP contribution in [0.1, 0.15) is 36.9 Å². The largest absolute Gasteiger partial charge is 0.435 e. The number of nitrogens with one attached hydrogen (secondary N) is 1. The van der Waals surface area contributed by atoms with Crippen LogP contribution in [-0.2, 0) is 6.18 Å². The standard InChI is InChI=1S/C16H14F5N5/c17-15(18)4-1-11(2-5-15)23-13-7-10(9-22)8-14(24-13)26-6-3-12(25-26)16(19,20)21/h3,6-8,11H,1-2,4-5H2,(H,23,24). The number of hydrogen-bond acceptors (Lipinski definition) is 4. The summed E-state index contributed by atoms with van der Waals surface area (Å²) in [5.41, 5.74) is -0.909. The van der Waals surface area contributed by atoms with Gasteiger partial charge in [-0.05, 0) is 25.0 Å². The second-order valence-electron chi connectivity index (χ2n) is 6.13. The normalized spacial score (nSPS) is 17.7. The molecule has 26 heavy (non-hydrogen) atoms. The third-order valence-corrected chi connectivity index (χ3v) is 4.12. The zero-order chi connectivity index (χ0) is 18.9. The Kier molecular flexibility index (Phi) is 4.56. The lowest BCUT2D eigenvalue weighted by Crippen LogP contribution is -2.32. The van der Waals surface area contributed by atoms with Crippen molar-refractivity contribution in [3.05, 3.63) is 35.7 Å². The molecule has 138 valence electrons. The van der Waals surface area contributed by atoms with E-state index in [1.165, 1.54) is 12.1 Å². The lowest BCUT2D eigenvalue weighted by molar-refractivity contribution is -0.141. The minimum atomic E-state index is -4.59. The molecule has 0 bridgehead atoms. The smallest absolute Gasteiger partial charge is 0.367 e. The summed E-state index contributed by atoms with van der Waals surface area (Å²) in [5.74, 6) is -2.41. The van der Waals surface area contributed by atoms with E-state index in [0.29, 0.717) is 0 Å². The quantitative estimate of drug-likeness (QED) is 0.824. The van der Waals surface area contributed by atoms with Crippen LogP contribution in [0.2, 0.25) is 0 Å². The third kappa shape index (κ3) is 4.09. The first kappa shape index (κ1) is 18.1. The molecule has 0 aromatic carbocycles. The van der Waals surface area contributed by atoms with E-state index in [2.05, 4.69) is 15.4 Å². The topological polar surface area (TPSA) is 66.5 Å². The molecule has 0 amide bonds. The highest BCUT2D eigenvalue weighted by atomic mass is 19.4. The molecule has 0 radical (unpaired) electrons. The molecular weight excluding hydrogens is 357 g/mol. The summed E-state index contributed by atoms with van der Waals surface area (Å²) in [4.78, 5) is 4.16. The van der Waals surface area contributed by atoms with Crippen LogP contribution in [-0.4, -0.2) is 26.7 Å². The average molecular weight is 371 g/mol. The Hall–Kier alpha value is -2.70. The van der Waals surface area contributed by atoms with Gasteiger partial charge in [-0.3, -0.25) is 0 Å². The van der Waals surface area contributed by atoms with Crippen molar-refractivity contribution in [1.82, 2.24) is 14.8 Å². The molecule has 0 atom stereocenters. The van der Waals surface area contributed by atoms with Gasteiger partial charge in [0.25, 0.3) is 0 Å². The summed E-state index contributed by atoms with van der Waals surface area (Å²) in [6.45, 7) is 0. The van der Waals surface area contributed by atoms with Crippen molar-refractivity contribution in [2.24, 2.45) is 0 Å². The van der Waals surface area contributed by atoms with E-state index in [-0.39, 0.29) is 48.9 Å². The molecule has 1 aliphatic carbocycles. The van der Waals surface area contributed by atoms with Gasteiger partial charge in [0.1, 0.15) is 5.82 Å². The van der Waals surface area contributed by atoms with Gasteiger partial charge in [0, 0.05) is 31.1 Å². The Morgan fingerprint density at radius 3 is 2.50 bits per heavy atom. The Morgan fingerprint density at radius 2 is 1.92 bits per heavy atom. The molecule has 0 aliphatic heterocycles. The van der Waals surface area contributed by atoms with E-state index in [1.54, 1.807) is 0 Å². The second-order valence-corrected chi connectivity index (χ2v) is 6.13. The summed E-state index contributed by atoms with van der Waals surface area (Å²) >= 11 is 0. The molecule has 3 rings (SSSR count). The molecular formula is C16H14F5N5. The summed E-state index contributed by atoms with van der Waals surface area (Å²) in [5, 5.41) is 15.5. The number of pyridine rings is 1. The fourth-order valence-electron chi connectivity index (χ4n) is 2.77. The number of anilines is 1. The maximum absolute atomic E-state index is 13.2. The Balaban J connectivity index is 1.83. The monoisotopic (exact) mass is 371 g/mol. The first-order chi connectivity index (χ1) is 12.2. The lowest BCUT2D eigenvalue weighted by atomic mass is 9.92. The van der Waals surface area contributed by atoms with Crippen LogP contribution < -0.4 is 5.32 Å². The zero-order valence-electron chi connectivity index (χ0n) is 13.4. The van der Waals surface area contributed by atoms with Crippen LogP contribution in [0.25, 0.3) is 5.82 Å². The molecule has 0 spiro atoms. The highest BCUT2D eigenvalue weighted by molar-refractivity contribution is 5.48. The van der Waals surface area contributed by atoms with Crippen molar-refractivity contribution in [2.75, 3.05) is 5.32 Å². The summed E-state index contributed by atoms with van der Waals surface area (Å²) in [6.07, 6.45) is -3.52. The van der Waals surface area contributed by atoms with Crippen molar-refractivity contribution >= 4 is 5.82 Å². The van der Waals surface area contributed by atoms with Gasteiger partial charge < -0.3 is 5.32 Å². The van der Waals surface area contributed by atoms with Crippen LogP contribution in [0.15, 0.2) is 24.4 Å². The predicted octanol–water partition coefficient (Wildman–Crippen LogP) is 4.15. The summed E-state index contributed by atoms with van der Waals surface area (Å²) < 4.78 is 65.5. The molecule has 2 aromatic rings. The van der Waals surface area contributed by atoms with Crippen LogP contribution >= 0.6 is 0 Å². The molecule has 1 aliphatic rings. The fourth-order valence-corrected chi connectivity index (χ4v) is 2.77. The van der Waals surface area contributed by atoms with Gasteiger partial charge in [0.15, 0.2) is 11.5 Å². The number of nitriles is 1. The van der Waals surface area contributed by atoms with Crippen LogP contribution in [0.4, 0.5) is 27.8 Å². The van der Waals surface area contributed by atoms with Crippen molar-refractivity contribution in [2.45, 2.75) is 43.8 Å². The van der Waals surface area contributed by atoms with E-state index < -0.39 is 17.8 Å². The van der Waals surface area contributed by atoms with Gasteiger partial charge in [-0.25, -0.2) is 18.4 Å². The van der Waals surface area contributed by atoms with E-state index in [0.717, 1.165) is 16.9 Å². The number of alkyl halides is 5. The number of aromatic nitrogens is 3. The minimum Gasteiger partial charge on any atom is -0.367 e. The first-order valence-corrected chi connectivity index (χ1v) is 7.86. The predicted molar refractivity (Wildman–Crippen MR) is 81.9 cm³/mol. The van der Waals surface area contributed by atoms with Crippen LogP contribution in [0.3, 0.4) is 0 Å². The highest BCUT2D eigenvalue weighted by Crippen LogP contribution is 2.34. The maximum atomic E-state index is 13.2. The summed E-state index contributed by atoms with van der Waals surface area (Å²) in [6, 6.07) is 5.18. The Bertz CT molecular complexity index is 826. The molecule has 0 unspecified atom stereocenters. The molecule has 5 nitrogen and oxygen atoms in total. The zero-order valence-corrected chi connectivity index (χ0v) is 13.4. The van der Waals surface area contributed by atoms with Gasteiger partial charge in [0.2, 0.25) is 5.92 Å². The van der Waals surface area contributed by atoms with Gasteiger partial charge in [-0.15, -0.1) is 0 Å². The molecule has 1 fully saturated rings. The third-order valence-electron chi connectivity index (χ3n) is 4.12. The number of nitrogens with zero attached hydrogens (tertiary/aromatic N) is 4. The summed E-state index contributed by atoms with van der Waals surface area (Å²) in [7, 11) is 0. The average Bonchev–Trinajstić information content (AvgIpc) is 3.07. The van der Waals surface area contributed by atoms with Crippen LogP contribution in [0, 0.1) is 11.3 Å². The van der Waals surface area contributed by atoms with Crippen molar-refractivity contribution < 1.29 is 22.0 Å². The lowest BCUT2D eigenvalue weighted by Gasteiger charge is -2.29. The van der Waals surface area contributed by atoms with Gasteiger partial charge in [-0.1, -0.05) is 0 Å². The molecule has 1 N–H and O–H groups in total. The minimum absolute atomic E-state index is 0.0307. The fraction of sp³-hybridized carbons (Fsp3) is 0.438. The van der Waals surface area contributed by atoms with Gasteiger partial charge in [-0.2, -0.15) is 23.5 Å². The van der Waals surface area contributed by atoms with Crippen LogP contribution in [0.5, 0.6) is 0 Å². The number of rotatable bonds is 3. The first-order valence-electron chi connectivity index (χ1n) is 7.86. The van der Waals surface area contributed by atoms with Crippen molar-refractivity contribution in [1.29, 1.82) is 5.26 Å². The van der Waals surface area contributed by atoms with E-state index in [9.17, 15) is 22.0 Å². The SMILES string of the molecule is N#Cc1cc(NC2CCC(F)(F)CC2)nc(-n2ccc(C(F)(F)F)n2)c1. The van der Waals surface area contributed by atoms with E-state index in [1.807, 2.05) is 6.07 Å². The second kappa shape index (κ2) is 6.55. The van der Waals surface area contributed by atoms with Gasteiger partial charge in [0.05, 0.1) is 11.6 Å². The Morgan fingerprint density at radius 1 is 1.23 bits per heavy atom. The van der Waals surface area contributed by atoms with Crippen molar-refractivity contribution in [3.63, 3.8) is 0 Å². The van der Waals surface area contributed by atoms with Gasteiger partial charge >= 0.3 is 6.18 Å². The van der Waals surface area contributed by atoms with Crippen molar-refractivity contribution in [3.8, 4) is 11.9 Å². The molecule has 0 saturated heterocycles. The number of halogens is 5. The Labute approximate surface area is 145 Å². The molecule has 2 aromatic heterocycles. The number of hydrogen-bond donors (Lipinski definition) is 1.